The number of aliphatic hydroxyl groups is 1. The maximum absolute atomic E-state index is 12.7. The van der Waals surface area contributed by atoms with Crippen molar-refractivity contribution in [1.29, 1.82) is 0 Å². The lowest BCUT2D eigenvalue weighted by molar-refractivity contribution is -0.0226. The van der Waals surface area contributed by atoms with E-state index in [-0.39, 0.29) is 11.1 Å². The number of aromatic nitrogens is 4. The fourth-order valence-corrected chi connectivity index (χ4v) is 3.33. The predicted octanol–water partition coefficient (Wildman–Crippen LogP) is 2.29. The lowest BCUT2D eigenvalue weighted by atomic mass is 9.79. The zero-order chi connectivity index (χ0) is 16.8. The molecule has 0 unspecified atom stereocenters. The van der Waals surface area contributed by atoms with Gasteiger partial charge in [-0.25, -0.2) is 9.67 Å². The van der Waals surface area contributed by atoms with Crippen molar-refractivity contribution in [2.75, 3.05) is 0 Å². The molecular formula is C17H26N4O2. The second-order valence-electron chi connectivity index (χ2n) is 8.05. The van der Waals surface area contributed by atoms with E-state index in [4.69, 9.17) is 0 Å². The van der Waals surface area contributed by atoms with Crippen LogP contribution in [0.15, 0.2) is 17.3 Å². The highest BCUT2D eigenvalue weighted by Crippen LogP contribution is 2.32. The quantitative estimate of drug-likeness (QED) is 0.922. The Kier molecular flexibility index (Phi) is 3.83. The summed E-state index contributed by atoms with van der Waals surface area (Å²) in [5.74, 6) is 0.651. The van der Waals surface area contributed by atoms with Gasteiger partial charge in [-0.3, -0.25) is 9.36 Å². The Morgan fingerprint density at radius 2 is 2.00 bits per heavy atom. The molecule has 3 rings (SSSR count). The van der Waals surface area contributed by atoms with Crippen LogP contribution in [0.25, 0.3) is 11.0 Å². The first-order valence-electron chi connectivity index (χ1n) is 8.36. The van der Waals surface area contributed by atoms with E-state index in [0.717, 1.165) is 25.7 Å². The van der Waals surface area contributed by atoms with Gasteiger partial charge in [0.2, 0.25) is 0 Å². The van der Waals surface area contributed by atoms with Crippen LogP contribution in [0.1, 0.15) is 53.4 Å². The van der Waals surface area contributed by atoms with Crippen molar-refractivity contribution in [1.82, 2.24) is 19.3 Å². The Bertz CT molecular complexity index is 761. The van der Waals surface area contributed by atoms with E-state index < -0.39 is 5.60 Å². The lowest BCUT2D eigenvalue weighted by Crippen LogP contribution is -2.41. The fourth-order valence-electron chi connectivity index (χ4n) is 3.33. The highest BCUT2D eigenvalue weighted by molar-refractivity contribution is 5.73. The molecule has 6 heteroatoms. The first kappa shape index (κ1) is 16.2. The Morgan fingerprint density at radius 1 is 1.35 bits per heavy atom. The van der Waals surface area contributed by atoms with Crippen molar-refractivity contribution in [2.45, 2.75) is 71.1 Å². The molecule has 2 aromatic rings. The van der Waals surface area contributed by atoms with Gasteiger partial charge in [0, 0.05) is 0 Å². The van der Waals surface area contributed by atoms with Crippen LogP contribution in [0.3, 0.4) is 0 Å². The Hall–Kier alpha value is -1.69. The fraction of sp³-hybridized carbons (Fsp3) is 0.706. The smallest absolute Gasteiger partial charge is 0.264 e. The van der Waals surface area contributed by atoms with Gasteiger partial charge in [0.15, 0.2) is 5.65 Å². The third-order valence-electron chi connectivity index (χ3n) is 4.86. The van der Waals surface area contributed by atoms with Crippen LogP contribution in [0.4, 0.5) is 0 Å². The van der Waals surface area contributed by atoms with Crippen LogP contribution < -0.4 is 5.56 Å². The van der Waals surface area contributed by atoms with Gasteiger partial charge in [0.1, 0.15) is 11.7 Å². The zero-order valence-corrected chi connectivity index (χ0v) is 14.4. The van der Waals surface area contributed by atoms with Gasteiger partial charge in [-0.05, 0) is 52.4 Å². The molecule has 1 saturated carbocycles. The maximum atomic E-state index is 12.7. The molecule has 0 aliphatic heterocycles. The van der Waals surface area contributed by atoms with Crippen LogP contribution in [0.2, 0.25) is 0 Å². The molecule has 1 aliphatic carbocycles. The summed E-state index contributed by atoms with van der Waals surface area (Å²) in [6.07, 6.45) is 6.61. The van der Waals surface area contributed by atoms with Crippen LogP contribution in [0, 0.1) is 5.92 Å². The van der Waals surface area contributed by atoms with Crippen molar-refractivity contribution in [3.8, 4) is 0 Å². The molecule has 1 fully saturated rings. The summed E-state index contributed by atoms with van der Waals surface area (Å²) in [4.78, 5) is 17.1. The van der Waals surface area contributed by atoms with Crippen LogP contribution in [-0.2, 0) is 12.1 Å². The van der Waals surface area contributed by atoms with Gasteiger partial charge in [0.25, 0.3) is 5.56 Å². The minimum atomic E-state index is -0.800. The molecular weight excluding hydrogens is 292 g/mol. The summed E-state index contributed by atoms with van der Waals surface area (Å²) < 4.78 is 3.30. The summed E-state index contributed by atoms with van der Waals surface area (Å²) >= 11 is 0. The van der Waals surface area contributed by atoms with Crippen molar-refractivity contribution in [2.24, 2.45) is 5.92 Å². The first-order chi connectivity index (χ1) is 10.7. The topological polar surface area (TPSA) is 72.9 Å². The average Bonchev–Trinajstić information content (AvgIpc) is 2.90. The molecule has 0 bridgehead atoms. The van der Waals surface area contributed by atoms with Gasteiger partial charge in [-0.2, -0.15) is 5.10 Å². The molecule has 126 valence electrons. The molecule has 0 atom stereocenters. The third-order valence-corrected chi connectivity index (χ3v) is 4.86. The molecule has 1 aliphatic rings. The summed E-state index contributed by atoms with van der Waals surface area (Å²) in [6.45, 7) is 8.60. The lowest BCUT2D eigenvalue weighted by Gasteiger charge is -2.35. The Balaban J connectivity index is 1.94. The number of hydrogen-bond acceptors (Lipinski definition) is 4. The molecule has 0 amide bonds. The highest BCUT2D eigenvalue weighted by atomic mass is 16.3. The summed E-state index contributed by atoms with van der Waals surface area (Å²) in [6, 6.07) is 0. The molecule has 23 heavy (non-hydrogen) atoms. The van der Waals surface area contributed by atoms with Gasteiger partial charge >= 0.3 is 0 Å². The molecule has 0 spiro atoms. The summed E-state index contributed by atoms with van der Waals surface area (Å²) in [5, 5.41) is 15.6. The Morgan fingerprint density at radius 3 is 2.61 bits per heavy atom. The number of nitrogens with zero attached hydrogens (tertiary/aromatic N) is 4. The van der Waals surface area contributed by atoms with Crippen molar-refractivity contribution in [3.05, 3.63) is 22.9 Å². The second-order valence-corrected chi connectivity index (χ2v) is 8.05. The minimum Gasteiger partial charge on any atom is -0.388 e. The molecule has 6 nitrogen and oxygen atoms in total. The van der Waals surface area contributed by atoms with E-state index in [0.29, 0.717) is 23.5 Å². The van der Waals surface area contributed by atoms with E-state index in [9.17, 15) is 9.90 Å². The summed E-state index contributed by atoms with van der Waals surface area (Å²) in [7, 11) is 0. The van der Waals surface area contributed by atoms with Gasteiger partial charge in [0.05, 0.1) is 23.9 Å². The minimum absolute atomic E-state index is 0.127. The zero-order valence-electron chi connectivity index (χ0n) is 14.4. The van der Waals surface area contributed by atoms with Crippen molar-refractivity contribution >= 4 is 11.0 Å². The van der Waals surface area contributed by atoms with Gasteiger partial charge in [-0.15, -0.1) is 0 Å². The van der Waals surface area contributed by atoms with E-state index >= 15 is 0 Å². The number of rotatable bonds is 2. The predicted molar refractivity (Wildman–Crippen MR) is 89.4 cm³/mol. The van der Waals surface area contributed by atoms with E-state index in [1.165, 1.54) is 4.57 Å². The second kappa shape index (κ2) is 5.44. The van der Waals surface area contributed by atoms with Crippen LogP contribution >= 0.6 is 0 Å². The molecule has 2 aromatic heterocycles. The van der Waals surface area contributed by atoms with E-state index in [2.05, 4.69) is 17.0 Å². The average molecular weight is 318 g/mol. The van der Waals surface area contributed by atoms with Crippen molar-refractivity contribution < 1.29 is 5.11 Å². The van der Waals surface area contributed by atoms with E-state index in [1.54, 1.807) is 17.2 Å². The van der Waals surface area contributed by atoms with Crippen LogP contribution in [0.5, 0.6) is 0 Å². The maximum Gasteiger partial charge on any atom is 0.264 e. The highest BCUT2D eigenvalue weighted by Gasteiger charge is 2.32. The van der Waals surface area contributed by atoms with Crippen LogP contribution in [-0.4, -0.2) is 30.0 Å². The molecule has 1 N–H and O–H groups in total. The molecule has 2 heterocycles. The first-order valence-corrected chi connectivity index (χ1v) is 8.36. The van der Waals surface area contributed by atoms with Gasteiger partial charge in [-0.1, -0.05) is 6.92 Å². The van der Waals surface area contributed by atoms with E-state index in [1.807, 2.05) is 20.8 Å². The monoisotopic (exact) mass is 318 g/mol. The molecule has 0 aromatic carbocycles. The molecule has 0 saturated heterocycles. The number of fused-ring (bicyclic) bond motifs is 1. The Labute approximate surface area is 136 Å². The SMILES string of the molecule is CC1CCC(O)(Cn2cnc3c(cnn3C(C)(C)C)c2=O)CC1. The summed E-state index contributed by atoms with van der Waals surface area (Å²) in [5.41, 5.74) is -0.558. The number of hydrogen-bond donors (Lipinski definition) is 1. The third kappa shape index (κ3) is 3.04. The normalized spacial score (nSPS) is 25.9. The van der Waals surface area contributed by atoms with Crippen molar-refractivity contribution in [3.63, 3.8) is 0 Å². The van der Waals surface area contributed by atoms with Gasteiger partial charge < -0.3 is 5.11 Å². The molecule has 0 radical (unpaired) electrons. The standard InChI is InChI=1S/C17H26N4O2/c1-12-5-7-17(23,8-6-12)10-20-11-18-14-13(15(20)22)9-19-21(14)16(2,3)4/h9,11-12,23H,5-8,10H2,1-4H3. The largest absolute Gasteiger partial charge is 0.388 e.